The Morgan fingerprint density at radius 3 is 2.76 bits per heavy atom. The quantitative estimate of drug-likeness (QED) is 0.774. The minimum absolute atomic E-state index is 0.0452. The summed E-state index contributed by atoms with van der Waals surface area (Å²) in [6.45, 7) is 3.47. The highest BCUT2D eigenvalue weighted by atomic mass is 35.5. The molecule has 2 aromatic carbocycles. The highest BCUT2D eigenvalue weighted by molar-refractivity contribution is 6.31. The Hall–Kier alpha value is -2.44. The lowest BCUT2D eigenvalue weighted by Gasteiger charge is -2.42. The average molecular weight is 418 g/mol. The van der Waals surface area contributed by atoms with Crippen LogP contribution in [0.5, 0.6) is 5.75 Å². The fourth-order valence-corrected chi connectivity index (χ4v) is 4.12. The summed E-state index contributed by atoms with van der Waals surface area (Å²) in [5.41, 5.74) is 1.28. The zero-order chi connectivity index (χ0) is 20.9. The van der Waals surface area contributed by atoms with Crippen LogP contribution in [0.2, 0.25) is 5.02 Å². The number of halogens is 2. The standard InChI is InChI=1S/C22H21ClFNO4/c1-22(2)20(27)19(25-21(28)12-6-7-16(24)15(23)8-12)14-10-13-11(9-18(14)29-22)4-3-5-17(13)26/h6-10,19-20,27H,3-5H2,1-2H3,(H,25,28). The largest absolute Gasteiger partial charge is 0.485 e. The van der Waals surface area contributed by atoms with Crippen LogP contribution in [-0.4, -0.2) is 28.5 Å². The lowest BCUT2D eigenvalue weighted by molar-refractivity contribution is -0.0628. The Kier molecular flexibility index (Phi) is 4.87. The lowest BCUT2D eigenvalue weighted by Crippen LogP contribution is -2.53. The van der Waals surface area contributed by atoms with Crippen LogP contribution in [-0.2, 0) is 6.42 Å². The number of carbonyl (C=O) groups excluding carboxylic acids is 2. The van der Waals surface area contributed by atoms with E-state index >= 15 is 0 Å². The predicted octanol–water partition coefficient (Wildman–Crippen LogP) is 4.00. The van der Waals surface area contributed by atoms with E-state index in [9.17, 15) is 19.1 Å². The van der Waals surface area contributed by atoms with Crippen LogP contribution in [0.15, 0.2) is 30.3 Å². The summed E-state index contributed by atoms with van der Waals surface area (Å²) in [4.78, 5) is 25.1. The van der Waals surface area contributed by atoms with E-state index in [4.69, 9.17) is 16.3 Å². The van der Waals surface area contributed by atoms with Gasteiger partial charge in [-0.15, -0.1) is 0 Å². The van der Waals surface area contributed by atoms with Crippen molar-refractivity contribution in [3.63, 3.8) is 0 Å². The zero-order valence-corrected chi connectivity index (χ0v) is 16.8. The van der Waals surface area contributed by atoms with Gasteiger partial charge in [0.1, 0.15) is 23.3 Å². The average Bonchev–Trinajstić information content (AvgIpc) is 2.66. The second-order valence-electron chi connectivity index (χ2n) is 8.05. The molecular formula is C22H21ClFNO4. The molecule has 5 nitrogen and oxygen atoms in total. The number of rotatable bonds is 2. The minimum Gasteiger partial charge on any atom is -0.485 e. The van der Waals surface area contributed by atoms with Gasteiger partial charge >= 0.3 is 0 Å². The fraction of sp³-hybridized carbons (Fsp3) is 0.364. The van der Waals surface area contributed by atoms with Gasteiger partial charge in [0.2, 0.25) is 0 Å². The summed E-state index contributed by atoms with van der Waals surface area (Å²) in [7, 11) is 0. The molecule has 0 fully saturated rings. The normalized spacial score (nSPS) is 22.3. The van der Waals surface area contributed by atoms with Crippen molar-refractivity contribution >= 4 is 23.3 Å². The number of hydrogen-bond donors (Lipinski definition) is 2. The number of aryl methyl sites for hydroxylation is 1. The SMILES string of the molecule is CC1(C)Oc2cc3c(cc2C(NC(=O)c2ccc(F)c(Cl)c2)C1O)C(=O)CCC3. The molecule has 1 amide bonds. The van der Waals surface area contributed by atoms with Crippen molar-refractivity contribution in [3.05, 3.63) is 63.4 Å². The van der Waals surface area contributed by atoms with Crippen LogP contribution in [0, 0.1) is 5.82 Å². The third-order valence-electron chi connectivity index (χ3n) is 5.59. The van der Waals surface area contributed by atoms with Crippen molar-refractivity contribution in [2.24, 2.45) is 0 Å². The summed E-state index contributed by atoms with van der Waals surface area (Å²) >= 11 is 5.79. The maximum atomic E-state index is 13.4. The van der Waals surface area contributed by atoms with Gasteiger partial charge in [-0.1, -0.05) is 11.6 Å². The molecule has 1 aliphatic heterocycles. The fourth-order valence-electron chi connectivity index (χ4n) is 3.94. The molecule has 0 saturated carbocycles. The first-order chi connectivity index (χ1) is 13.7. The summed E-state index contributed by atoms with van der Waals surface area (Å²) in [5.74, 6) is -0.547. The van der Waals surface area contributed by atoms with E-state index in [2.05, 4.69) is 5.32 Å². The van der Waals surface area contributed by atoms with Gasteiger partial charge in [0, 0.05) is 23.1 Å². The van der Waals surface area contributed by atoms with Gasteiger partial charge in [-0.05, 0) is 62.6 Å². The van der Waals surface area contributed by atoms with Gasteiger partial charge < -0.3 is 15.2 Å². The maximum Gasteiger partial charge on any atom is 0.251 e. The minimum atomic E-state index is -1.06. The number of amides is 1. The number of fused-ring (bicyclic) bond motifs is 2. The number of ketones is 1. The highest BCUT2D eigenvalue weighted by Crippen LogP contribution is 2.42. The molecule has 0 radical (unpaired) electrons. The van der Waals surface area contributed by atoms with Crippen LogP contribution < -0.4 is 10.1 Å². The molecule has 1 heterocycles. The molecule has 2 aliphatic rings. The van der Waals surface area contributed by atoms with E-state index in [1.54, 1.807) is 19.9 Å². The second-order valence-corrected chi connectivity index (χ2v) is 8.46. The molecular weight excluding hydrogens is 397 g/mol. The van der Waals surface area contributed by atoms with E-state index in [0.717, 1.165) is 24.5 Å². The van der Waals surface area contributed by atoms with E-state index in [0.29, 0.717) is 23.3 Å². The zero-order valence-electron chi connectivity index (χ0n) is 16.1. The molecule has 1 aliphatic carbocycles. The summed E-state index contributed by atoms with van der Waals surface area (Å²) < 4.78 is 19.4. The maximum absolute atomic E-state index is 13.4. The molecule has 7 heteroatoms. The molecule has 2 aromatic rings. The number of benzene rings is 2. The van der Waals surface area contributed by atoms with Crippen LogP contribution >= 0.6 is 11.6 Å². The van der Waals surface area contributed by atoms with E-state index < -0.39 is 29.5 Å². The summed E-state index contributed by atoms with van der Waals surface area (Å²) in [5, 5.41) is 13.5. The van der Waals surface area contributed by atoms with Crippen molar-refractivity contribution in [1.82, 2.24) is 5.32 Å². The molecule has 0 saturated heterocycles. The van der Waals surface area contributed by atoms with Gasteiger partial charge in [0.05, 0.1) is 11.1 Å². The summed E-state index contributed by atoms with van der Waals surface area (Å²) in [6.07, 6.45) is 0.992. The molecule has 0 aromatic heterocycles. The third-order valence-corrected chi connectivity index (χ3v) is 5.88. The molecule has 0 bridgehead atoms. The molecule has 2 atom stereocenters. The van der Waals surface area contributed by atoms with Gasteiger partial charge in [0.25, 0.3) is 5.91 Å². The number of Topliss-reactive ketones (excluding diaryl/α,β-unsaturated/α-hetero) is 1. The molecule has 29 heavy (non-hydrogen) atoms. The molecule has 2 unspecified atom stereocenters. The van der Waals surface area contributed by atoms with Gasteiger partial charge in [-0.2, -0.15) is 0 Å². The number of aliphatic hydroxyl groups excluding tert-OH is 1. The van der Waals surface area contributed by atoms with Crippen molar-refractivity contribution in [3.8, 4) is 5.75 Å². The van der Waals surface area contributed by atoms with Crippen molar-refractivity contribution in [2.75, 3.05) is 0 Å². The first-order valence-corrected chi connectivity index (χ1v) is 9.88. The molecule has 152 valence electrons. The van der Waals surface area contributed by atoms with E-state index in [1.165, 1.54) is 12.1 Å². The van der Waals surface area contributed by atoms with Crippen LogP contribution in [0.1, 0.15) is 64.6 Å². The number of nitrogens with one attached hydrogen (secondary N) is 1. The second kappa shape index (κ2) is 7.11. The Morgan fingerprint density at radius 2 is 2.03 bits per heavy atom. The van der Waals surface area contributed by atoms with E-state index in [-0.39, 0.29) is 16.4 Å². The Balaban J connectivity index is 1.74. The van der Waals surface area contributed by atoms with Crippen LogP contribution in [0.25, 0.3) is 0 Å². The topological polar surface area (TPSA) is 75.6 Å². The highest BCUT2D eigenvalue weighted by Gasteiger charge is 2.44. The lowest BCUT2D eigenvalue weighted by atomic mass is 9.82. The van der Waals surface area contributed by atoms with Crippen LogP contribution in [0.4, 0.5) is 4.39 Å². The first kappa shape index (κ1) is 19.9. The Bertz CT molecular complexity index is 1020. The molecule has 0 spiro atoms. The summed E-state index contributed by atoms with van der Waals surface area (Å²) in [6, 6.07) is 6.43. The van der Waals surface area contributed by atoms with Crippen molar-refractivity contribution in [1.29, 1.82) is 0 Å². The smallest absolute Gasteiger partial charge is 0.251 e. The number of ether oxygens (including phenoxy) is 1. The number of aliphatic hydroxyl groups is 1. The number of carbonyl (C=O) groups is 2. The Labute approximate surface area is 172 Å². The van der Waals surface area contributed by atoms with Gasteiger partial charge in [-0.3, -0.25) is 9.59 Å². The van der Waals surface area contributed by atoms with Crippen molar-refractivity contribution < 1.29 is 23.8 Å². The van der Waals surface area contributed by atoms with E-state index in [1.807, 2.05) is 6.07 Å². The third kappa shape index (κ3) is 3.51. The Morgan fingerprint density at radius 1 is 1.28 bits per heavy atom. The predicted molar refractivity (Wildman–Crippen MR) is 106 cm³/mol. The van der Waals surface area contributed by atoms with Gasteiger partial charge in [0.15, 0.2) is 5.78 Å². The molecule has 2 N–H and O–H groups in total. The molecule has 4 rings (SSSR count). The van der Waals surface area contributed by atoms with Crippen LogP contribution in [0.3, 0.4) is 0 Å². The first-order valence-electron chi connectivity index (χ1n) is 9.50. The van der Waals surface area contributed by atoms with Gasteiger partial charge in [-0.25, -0.2) is 4.39 Å². The monoisotopic (exact) mass is 417 g/mol. The number of hydrogen-bond acceptors (Lipinski definition) is 4. The van der Waals surface area contributed by atoms with Crippen molar-refractivity contribution in [2.45, 2.75) is 50.9 Å².